The summed E-state index contributed by atoms with van der Waals surface area (Å²) in [6.07, 6.45) is 6.97. The van der Waals surface area contributed by atoms with Crippen LogP contribution in [0.4, 0.5) is 0 Å². The second-order valence-corrected chi connectivity index (χ2v) is 9.46. The highest BCUT2D eigenvalue weighted by atomic mass is 32.2. The van der Waals surface area contributed by atoms with Gasteiger partial charge in [0.1, 0.15) is 0 Å². The van der Waals surface area contributed by atoms with Gasteiger partial charge >= 0.3 is 0 Å². The number of amidine groups is 1. The molecule has 116 valence electrons. The van der Waals surface area contributed by atoms with E-state index in [1.165, 1.54) is 6.42 Å². The third-order valence-corrected chi connectivity index (χ3v) is 7.35. The lowest BCUT2D eigenvalue weighted by atomic mass is 9.51. The summed E-state index contributed by atoms with van der Waals surface area (Å²) < 4.78 is -0.377. The molecule has 1 amide bonds. The van der Waals surface area contributed by atoms with Gasteiger partial charge in [0.15, 0.2) is 5.17 Å². The van der Waals surface area contributed by atoms with E-state index in [1.807, 2.05) is 13.8 Å². The third kappa shape index (κ3) is 2.15. The van der Waals surface area contributed by atoms with E-state index in [1.54, 1.807) is 11.8 Å². The number of carbonyl (C=O) groups excluding carboxylic acids is 1. The fourth-order valence-electron chi connectivity index (χ4n) is 5.31. The number of nitrogens with zero attached hydrogens (tertiary/aromatic N) is 1. The van der Waals surface area contributed by atoms with E-state index >= 15 is 0 Å². The van der Waals surface area contributed by atoms with Crippen LogP contribution in [0, 0.1) is 11.8 Å². The number of hydrogen-bond donors (Lipinski definition) is 2. The van der Waals surface area contributed by atoms with E-state index in [9.17, 15) is 9.90 Å². The molecule has 1 aliphatic heterocycles. The van der Waals surface area contributed by atoms with Crippen molar-refractivity contribution >= 4 is 22.8 Å². The zero-order valence-corrected chi connectivity index (χ0v) is 13.6. The van der Waals surface area contributed by atoms with Gasteiger partial charge in [-0.15, -0.1) is 0 Å². The van der Waals surface area contributed by atoms with Gasteiger partial charge in [-0.05, 0) is 57.3 Å². The van der Waals surface area contributed by atoms with Gasteiger partial charge in [-0.3, -0.25) is 9.79 Å². The lowest BCUT2D eigenvalue weighted by Crippen LogP contribution is -2.58. The Hall–Kier alpha value is -0.550. The summed E-state index contributed by atoms with van der Waals surface area (Å²) in [5.41, 5.74) is -0.608. The number of aliphatic hydroxyl groups is 1. The summed E-state index contributed by atoms with van der Waals surface area (Å²) in [6, 6.07) is 0. The van der Waals surface area contributed by atoms with Gasteiger partial charge in [-0.2, -0.15) is 0 Å². The normalized spacial score (nSPS) is 53.5. The molecule has 0 aromatic carbocycles. The van der Waals surface area contributed by atoms with Crippen molar-refractivity contribution in [3.63, 3.8) is 0 Å². The number of thioether (sulfide) groups is 1. The van der Waals surface area contributed by atoms with Crippen molar-refractivity contribution < 1.29 is 9.90 Å². The van der Waals surface area contributed by atoms with E-state index in [4.69, 9.17) is 4.99 Å². The zero-order valence-electron chi connectivity index (χ0n) is 12.8. The molecular formula is C16H24N2O2S. The Labute approximate surface area is 130 Å². The van der Waals surface area contributed by atoms with E-state index in [-0.39, 0.29) is 16.2 Å². The van der Waals surface area contributed by atoms with Crippen molar-refractivity contribution in [3.05, 3.63) is 0 Å². The molecular weight excluding hydrogens is 284 g/mol. The molecule has 4 saturated carbocycles. The maximum Gasteiger partial charge on any atom is 0.242 e. The standard InChI is InChI=1S/C16H24N2O2S/c1-3-14(2)12(19)17-13(21-14)18-15-5-10-4-11(6-15)8-16(20,7-10)9-15/h10-11,20H,3-9H2,1-2H3,(H,17,18,19). The molecule has 0 radical (unpaired) electrons. The van der Waals surface area contributed by atoms with Crippen LogP contribution in [0.3, 0.4) is 0 Å². The molecule has 21 heavy (non-hydrogen) atoms. The van der Waals surface area contributed by atoms with Crippen molar-refractivity contribution in [2.24, 2.45) is 16.8 Å². The van der Waals surface area contributed by atoms with Gasteiger partial charge in [-0.25, -0.2) is 0 Å². The molecule has 1 saturated heterocycles. The Morgan fingerprint density at radius 2 is 2.00 bits per heavy atom. The van der Waals surface area contributed by atoms with Gasteiger partial charge in [-0.1, -0.05) is 18.7 Å². The van der Waals surface area contributed by atoms with Crippen LogP contribution < -0.4 is 5.32 Å². The van der Waals surface area contributed by atoms with E-state index in [0.29, 0.717) is 11.8 Å². The SMILES string of the molecule is CCC1(C)SC(=NC23CC4CC(CC(O)(C4)C2)C3)NC1=O. The number of aliphatic imine (C=N–C) groups is 1. The van der Waals surface area contributed by atoms with E-state index in [0.717, 1.165) is 43.7 Å². The smallest absolute Gasteiger partial charge is 0.242 e. The minimum atomic E-state index is -0.491. The first kappa shape index (κ1) is 14.1. The third-order valence-electron chi connectivity index (χ3n) is 6.04. The van der Waals surface area contributed by atoms with Crippen molar-refractivity contribution in [2.75, 3.05) is 0 Å². The molecule has 4 aliphatic carbocycles. The van der Waals surface area contributed by atoms with Crippen LogP contribution >= 0.6 is 11.8 Å². The van der Waals surface area contributed by atoms with Crippen molar-refractivity contribution in [3.8, 4) is 0 Å². The maximum atomic E-state index is 12.1. The number of carbonyl (C=O) groups is 1. The molecule has 0 aromatic rings. The Morgan fingerprint density at radius 1 is 1.33 bits per heavy atom. The summed E-state index contributed by atoms with van der Waals surface area (Å²) >= 11 is 1.58. The summed E-state index contributed by atoms with van der Waals surface area (Å²) in [7, 11) is 0. The topological polar surface area (TPSA) is 61.7 Å². The molecule has 5 aliphatic rings. The molecule has 5 fully saturated rings. The number of hydrogen-bond acceptors (Lipinski definition) is 4. The number of rotatable bonds is 2. The van der Waals surface area contributed by atoms with Gasteiger partial charge in [0.2, 0.25) is 5.91 Å². The number of nitrogens with one attached hydrogen (secondary N) is 1. The minimum absolute atomic E-state index is 0.0807. The van der Waals surface area contributed by atoms with Crippen LogP contribution in [-0.4, -0.2) is 32.1 Å². The van der Waals surface area contributed by atoms with Crippen LogP contribution in [0.25, 0.3) is 0 Å². The van der Waals surface area contributed by atoms with Crippen LogP contribution in [0.1, 0.15) is 58.8 Å². The predicted molar refractivity (Wildman–Crippen MR) is 84.2 cm³/mol. The molecule has 1 heterocycles. The van der Waals surface area contributed by atoms with E-state index in [2.05, 4.69) is 5.32 Å². The maximum absolute atomic E-state index is 12.1. The highest BCUT2D eigenvalue weighted by molar-refractivity contribution is 8.16. The highest BCUT2D eigenvalue weighted by Gasteiger charge is 2.58. The largest absolute Gasteiger partial charge is 0.390 e. The monoisotopic (exact) mass is 308 g/mol. The lowest BCUT2D eigenvalue weighted by Gasteiger charge is -2.58. The minimum Gasteiger partial charge on any atom is -0.390 e. The average molecular weight is 308 g/mol. The molecule has 3 atom stereocenters. The first-order valence-corrected chi connectivity index (χ1v) is 8.98. The molecule has 4 bridgehead atoms. The van der Waals surface area contributed by atoms with Crippen LogP contribution in [0.5, 0.6) is 0 Å². The zero-order chi connectivity index (χ0) is 14.9. The molecule has 5 heteroatoms. The summed E-state index contributed by atoms with van der Waals surface area (Å²) in [4.78, 5) is 17.1. The van der Waals surface area contributed by atoms with E-state index < -0.39 is 5.60 Å². The number of amides is 1. The Balaban J connectivity index is 1.63. The van der Waals surface area contributed by atoms with Gasteiger partial charge in [0.05, 0.1) is 15.9 Å². The average Bonchev–Trinajstić information content (AvgIpc) is 2.61. The molecule has 5 rings (SSSR count). The predicted octanol–water partition coefficient (Wildman–Crippen LogP) is 2.46. The molecule has 4 nitrogen and oxygen atoms in total. The Kier molecular flexibility index (Phi) is 2.85. The molecule has 0 spiro atoms. The van der Waals surface area contributed by atoms with Gasteiger partial charge in [0, 0.05) is 6.42 Å². The van der Waals surface area contributed by atoms with Crippen molar-refractivity contribution in [1.82, 2.24) is 5.32 Å². The van der Waals surface area contributed by atoms with Gasteiger partial charge in [0.25, 0.3) is 0 Å². The first-order chi connectivity index (χ1) is 9.84. The Morgan fingerprint density at radius 3 is 2.52 bits per heavy atom. The quantitative estimate of drug-likeness (QED) is 0.824. The second-order valence-electron chi connectivity index (χ2n) is 7.97. The second kappa shape index (κ2) is 4.25. The summed E-state index contributed by atoms with van der Waals surface area (Å²) in [5, 5.41) is 14.5. The highest BCUT2D eigenvalue weighted by Crippen LogP contribution is 2.59. The van der Waals surface area contributed by atoms with Crippen molar-refractivity contribution in [1.29, 1.82) is 0 Å². The van der Waals surface area contributed by atoms with Crippen LogP contribution in [0.15, 0.2) is 4.99 Å². The fourth-order valence-corrected chi connectivity index (χ4v) is 6.41. The van der Waals surface area contributed by atoms with Crippen LogP contribution in [0.2, 0.25) is 0 Å². The van der Waals surface area contributed by atoms with Crippen molar-refractivity contribution in [2.45, 2.75) is 74.7 Å². The molecule has 2 N–H and O–H groups in total. The Bertz CT molecular complexity index is 518. The molecule has 3 unspecified atom stereocenters. The molecule has 0 aromatic heterocycles. The van der Waals surface area contributed by atoms with Crippen LogP contribution in [-0.2, 0) is 4.79 Å². The van der Waals surface area contributed by atoms with Gasteiger partial charge < -0.3 is 10.4 Å². The summed E-state index contributed by atoms with van der Waals surface area (Å²) in [5.74, 6) is 1.33. The summed E-state index contributed by atoms with van der Waals surface area (Å²) in [6.45, 7) is 4.03. The fraction of sp³-hybridized carbons (Fsp3) is 0.875. The first-order valence-electron chi connectivity index (χ1n) is 8.16. The lowest BCUT2D eigenvalue weighted by molar-refractivity contribution is -0.132.